The van der Waals surface area contributed by atoms with Crippen molar-refractivity contribution >= 4 is 11.7 Å². The molecule has 0 radical (unpaired) electrons. The minimum Gasteiger partial charge on any atom is -0.497 e. The summed E-state index contributed by atoms with van der Waals surface area (Å²) in [6, 6.07) is 5.80. The molecule has 1 aliphatic heterocycles. The molecular weight excluding hydrogens is 268 g/mol. The molecule has 1 fully saturated rings. The van der Waals surface area contributed by atoms with Gasteiger partial charge >= 0.3 is 6.03 Å². The van der Waals surface area contributed by atoms with Gasteiger partial charge in [0.1, 0.15) is 11.5 Å². The molecule has 0 saturated carbocycles. The van der Waals surface area contributed by atoms with Crippen LogP contribution in [0.2, 0.25) is 0 Å². The lowest BCUT2D eigenvalue weighted by atomic mass is 9.98. The molecule has 5 nitrogen and oxygen atoms in total. The summed E-state index contributed by atoms with van der Waals surface area (Å²) in [4.78, 5) is 14.5. The normalized spacial score (nSPS) is 21.8. The van der Waals surface area contributed by atoms with E-state index in [4.69, 9.17) is 9.47 Å². The maximum atomic E-state index is 12.6. The molecule has 0 spiro atoms. The summed E-state index contributed by atoms with van der Waals surface area (Å²) in [6.45, 7) is 4.19. The Bertz CT molecular complexity index is 494. The summed E-state index contributed by atoms with van der Waals surface area (Å²) in [5.74, 6) is 1.31. The number of ether oxygens (including phenoxy) is 2. The van der Waals surface area contributed by atoms with Gasteiger partial charge in [-0.3, -0.25) is 0 Å². The Morgan fingerprint density at radius 3 is 2.43 bits per heavy atom. The van der Waals surface area contributed by atoms with Gasteiger partial charge in [-0.2, -0.15) is 0 Å². The minimum atomic E-state index is -0.0822. The molecule has 116 valence electrons. The van der Waals surface area contributed by atoms with E-state index in [0.717, 1.165) is 12.8 Å². The lowest BCUT2D eigenvalue weighted by Crippen LogP contribution is -2.49. The molecule has 2 amide bonds. The Hall–Kier alpha value is -1.91. The maximum absolute atomic E-state index is 12.6. The number of likely N-dealkylation sites (tertiary alicyclic amines) is 1. The highest BCUT2D eigenvalue weighted by Crippen LogP contribution is 2.30. The third kappa shape index (κ3) is 3.40. The van der Waals surface area contributed by atoms with Crippen LogP contribution in [0.25, 0.3) is 0 Å². The number of hydrogen-bond acceptors (Lipinski definition) is 3. The van der Waals surface area contributed by atoms with Gasteiger partial charge in [0, 0.05) is 18.2 Å². The van der Waals surface area contributed by atoms with E-state index >= 15 is 0 Å². The van der Waals surface area contributed by atoms with E-state index in [1.807, 2.05) is 4.90 Å². The predicted octanol–water partition coefficient (Wildman–Crippen LogP) is 3.50. The number of anilines is 1. The number of urea groups is 1. The molecule has 1 aromatic rings. The van der Waals surface area contributed by atoms with Gasteiger partial charge < -0.3 is 19.7 Å². The number of piperidine rings is 1. The predicted molar refractivity (Wildman–Crippen MR) is 83.2 cm³/mol. The van der Waals surface area contributed by atoms with Gasteiger partial charge in [0.25, 0.3) is 0 Å². The molecule has 1 aliphatic rings. The van der Waals surface area contributed by atoms with Crippen molar-refractivity contribution in [2.45, 2.75) is 45.2 Å². The van der Waals surface area contributed by atoms with Gasteiger partial charge in [-0.15, -0.1) is 0 Å². The Morgan fingerprint density at radius 2 is 1.86 bits per heavy atom. The fourth-order valence-electron chi connectivity index (χ4n) is 2.91. The third-order valence-electron chi connectivity index (χ3n) is 4.08. The number of carbonyl (C=O) groups excluding carboxylic acids is 1. The molecule has 0 unspecified atom stereocenters. The van der Waals surface area contributed by atoms with Gasteiger partial charge in [0.15, 0.2) is 0 Å². The summed E-state index contributed by atoms with van der Waals surface area (Å²) in [6.07, 6.45) is 3.27. The molecule has 0 aromatic heterocycles. The van der Waals surface area contributed by atoms with Gasteiger partial charge in [0.05, 0.1) is 19.9 Å². The molecular formula is C16H24N2O3. The molecule has 21 heavy (non-hydrogen) atoms. The van der Waals surface area contributed by atoms with Crippen LogP contribution in [-0.2, 0) is 0 Å². The van der Waals surface area contributed by atoms with Crippen LogP contribution < -0.4 is 14.8 Å². The zero-order valence-corrected chi connectivity index (χ0v) is 13.2. The first kappa shape index (κ1) is 15.5. The summed E-state index contributed by atoms with van der Waals surface area (Å²) < 4.78 is 10.5. The first-order valence-electron chi connectivity index (χ1n) is 7.38. The SMILES string of the molecule is COc1ccc(OC)c(NC(=O)N2[C@@H](C)CCC[C@@H]2C)c1. The van der Waals surface area contributed by atoms with Gasteiger partial charge in [-0.25, -0.2) is 4.79 Å². The monoisotopic (exact) mass is 292 g/mol. The topological polar surface area (TPSA) is 50.8 Å². The van der Waals surface area contributed by atoms with Crippen molar-refractivity contribution in [2.24, 2.45) is 0 Å². The van der Waals surface area contributed by atoms with Crippen LogP contribution in [0.5, 0.6) is 11.5 Å². The van der Waals surface area contributed by atoms with E-state index in [9.17, 15) is 4.79 Å². The molecule has 0 bridgehead atoms. The quantitative estimate of drug-likeness (QED) is 0.927. The maximum Gasteiger partial charge on any atom is 0.322 e. The molecule has 0 aliphatic carbocycles. The molecule has 1 N–H and O–H groups in total. The second-order valence-corrected chi connectivity index (χ2v) is 5.53. The fourth-order valence-corrected chi connectivity index (χ4v) is 2.91. The number of nitrogens with zero attached hydrogens (tertiary/aromatic N) is 1. The smallest absolute Gasteiger partial charge is 0.322 e. The van der Waals surface area contributed by atoms with E-state index in [-0.39, 0.29) is 18.1 Å². The number of benzene rings is 1. The highest BCUT2D eigenvalue weighted by atomic mass is 16.5. The van der Waals surface area contributed by atoms with Crippen LogP contribution in [0.15, 0.2) is 18.2 Å². The number of methoxy groups -OCH3 is 2. The Balaban J connectivity index is 2.18. The molecule has 2 atom stereocenters. The first-order valence-corrected chi connectivity index (χ1v) is 7.38. The number of carbonyl (C=O) groups is 1. The van der Waals surface area contributed by atoms with Gasteiger partial charge in [-0.1, -0.05) is 0 Å². The van der Waals surface area contributed by atoms with E-state index in [1.54, 1.807) is 32.4 Å². The van der Waals surface area contributed by atoms with Crippen molar-refractivity contribution in [1.29, 1.82) is 0 Å². The number of amides is 2. The molecule has 1 saturated heterocycles. The van der Waals surface area contributed by atoms with Crippen LogP contribution in [0.1, 0.15) is 33.1 Å². The summed E-state index contributed by atoms with van der Waals surface area (Å²) >= 11 is 0. The number of rotatable bonds is 3. The average molecular weight is 292 g/mol. The van der Waals surface area contributed by atoms with Crippen LogP contribution in [0.3, 0.4) is 0 Å². The lowest BCUT2D eigenvalue weighted by molar-refractivity contribution is 0.133. The van der Waals surface area contributed by atoms with Crippen LogP contribution >= 0.6 is 0 Å². The van der Waals surface area contributed by atoms with Crippen LogP contribution in [-0.4, -0.2) is 37.2 Å². The summed E-state index contributed by atoms with van der Waals surface area (Å²) in [5, 5.41) is 2.95. The van der Waals surface area contributed by atoms with Gasteiger partial charge in [-0.05, 0) is 45.2 Å². The Morgan fingerprint density at radius 1 is 1.19 bits per heavy atom. The molecule has 5 heteroatoms. The van der Waals surface area contributed by atoms with Crippen molar-refractivity contribution in [1.82, 2.24) is 4.90 Å². The fraction of sp³-hybridized carbons (Fsp3) is 0.562. The van der Waals surface area contributed by atoms with Crippen molar-refractivity contribution < 1.29 is 14.3 Å². The van der Waals surface area contributed by atoms with Crippen molar-refractivity contribution in [2.75, 3.05) is 19.5 Å². The third-order valence-corrected chi connectivity index (χ3v) is 4.08. The van der Waals surface area contributed by atoms with E-state index in [0.29, 0.717) is 17.2 Å². The van der Waals surface area contributed by atoms with Crippen LogP contribution in [0, 0.1) is 0 Å². The summed E-state index contributed by atoms with van der Waals surface area (Å²) in [5.41, 5.74) is 0.631. The summed E-state index contributed by atoms with van der Waals surface area (Å²) in [7, 11) is 3.19. The second-order valence-electron chi connectivity index (χ2n) is 5.53. The second kappa shape index (κ2) is 6.70. The highest BCUT2D eigenvalue weighted by molar-refractivity contribution is 5.91. The average Bonchev–Trinajstić information content (AvgIpc) is 2.47. The van der Waals surface area contributed by atoms with E-state index < -0.39 is 0 Å². The highest BCUT2D eigenvalue weighted by Gasteiger charge is 2.29. The number of hydrogen-bond donors (Lipinski definition) is 1. The Kier molecular flexibility index (Phi) is 4.94. The largest absolute Gasteiger partial charge is 0.497 e. The lowest BCUT2D eigenvalue weighted by Gasteiger charge is -2.39. The first-order chi connectivity index (χ1) is 10.1. The molecule has 1 aromatic carbocycles. The van der Waals surface area contributed by atoms with E-state index in [2.05, 4.69) is 19.2 Å². The van der Waals surface area contributed by atoms with E-state index in [1.165, 1.54) is 6.42 Å². The standard InChI is InChI=1S/C16H24N2O3/c1-11-6-5-7-12(2)18(11)16(19)17-14-10-13(20-3)8-9-15(14)21-4/h8-12H,5-7H2,1-4H3,(H,17,19)/t11-,12-/m0/s1. The van der Waals surface area contributed by atoms with Crippen LogP contribution in [0.4, 0.5) is 10.5 Å². The minimum absolute atomic E-state index is 0.0822. The molecule has 2 rings (SSSR count). The Labute approximate surface area is 126 Å². The van der Waals surface area contributed by atoms with Crippen molar-refractivity contribution in [3.8, 4) is 11.5 Å². The van der Waals surface area contributed by atoms with Crippen molar-refractivity contribution in [3.63, 3.8) is 0 Å². The zero-order chi connectivity index (χ0) is 15.4. The van der Waals surface area contributed by atoms with Gasteiger partial charge in [0.2, 0.25) is 0 Å². The molecule has 1 heterocycles. The zero-order valence-electron chi connectivity index (χ0n) is 13.2. The van der Waals surface area contributed by atoms with Crippen molar-refractivity contribution in [3.05, 3.63) is 18.2 Å². The number of nitrogens with one attached hydrogen (secondary N) is 1.